The molecule has 2 aromatic heterocycles. The standard InChI is InChI=1S/C21H18FN5O4S/c1-2-30-19-9-8-17(14-18(19)22)32(28,29)26-15-4-6-16(7-5-15)31-21-11-10-20(24-25-21)27-13-3-12-23-27/h3-14,26H,2H2,1H3. The molecule has 2 heterocycles. The van der Waals surface area contributed by atoms with Gasteiger partial charge in [0.05, 0.1) is 11.5 Å². The molecule has 0 aliphatic rings. The maximum atomic E-state index is 14.0. The number of halogens is 1. The molecule has 32 heavy (non-hydrogen) atoms. The molecule has 0 saturated heterocycles. The normalized spacial score (nSPS) is 11.2. The lowest BCUT2D eigenvalue weighted by Crippen LogP contribution is -2.13. The van der Waals surface area contributed by atoms with E-state index in [9.17, 15) is 12.8 Å². The third kappa shape index (κ3) is 4.83. The first-order chi connectivity index (χ1) is 15.4. The summed E-state index contributed by atoms with van der Waals surface area (Å²) >= 11 is 0. The summed E-state index contributed by atoms with van der Waals surface area (Å²) in [5.41, 5.74) is 0.284. The molecular formula is C21H18FN5O4S. The zero-order chi connectivity index (χ0) is 22.6. The Hall–Kier alpha value is -3.99. The average molecular weight is 455 g/mol. The SMILES string of the molecule is CCOc1ccc(S(=O)(=O)Nc2ccc(Oc3ccc(-n4cccn4)nn3)cc2)cc1F. The minimum absolute atomic E-state index is 0.00583. The van der Waals surface area contributed by atoms with Crippen LogP contribution in [-0.4, -0.2) is 35.0 Å². The Labute approximate surface area is 183 Å². The summed E-state index contributed by atoms with van der Waals surface area (Å²) in [6, 6.07) is 14.8. The van der Waals surface area contributed by atoms with E-state index in [1.165, 1.54) is 24.3 Å². The average Bonchev–Trinajstić information content (AvgIpc) is 3.32. The van der Waals surface area contributed by atoms with Crippen molar-refractivity contribution in [1.82, 2.24) is 20.0 Å². The molecule has 164 valence electrons. The van der Waals surface area contributed by atoms with Gasteiger partial charge in [0.25, 0.3) is 10.0 Å². The molecule has 2 aromatic carbocycles. The van der Waals surface area contributed by atoms with Crippen molar-refractivity contribution < 1.29 is 22.3 Å². The number of hydrogen-bond acceptors (Lipinski definition) is 7. The number of ether oxygens (including phenoxy) is 2. The van der Waals surface area contributed by atoms with Crippen LogP contribution in [-0.2, 0) is 10.0 Å². The van der Waals surface area contributed by atoms with Crippen LogP contribution in [0.1, 0.15) is 6.92 Å². The van der Waals surface area contributed by atoms with E-state index in [0.29, 0.717) is 11.6 Å². The third-order valence-corrected chi connectivity index (χ3v) is 5.59. The van der Waals surface area contributed by atoms with Gasteiger partial charge in [-0.05, 0) is 61.5 Å². The zero-order valence-electron chi connectivity index (χ0n) is 16.8. The summed E-state index contributed by atoms with van der Waals surface area (Å²) < 4.78 is 53.8. The highest BCUT2D eigenvalue weighted by Gasteiger charge is 2.17. The van der Waals surface area contributed by atoms with Gasteiger partial charge in [-0.1, -0.05) is 0 Å². The molecule has 9 nitrogen and oxygen atoms in total. The number of aromatic nitrogens is 4. The van der Waals surface area contributed by atoms with Crippen molar-refractivity contribution in [1.29, 1.82) is 0 Å². The lowest BCUT2D eigenvalue weighted by molar-refractivity contribution is 0.321. The van der Waals surface area contributed by atoms with Crippen molar-refractivity contribution in [3.05, 3.63) is 78.9 Å². The van der Waals surface area contributed by atoms with Gasteiger partial charge in [-0.15, -0.1) is 10.2 Å². The Kier molecular flexibility index (Phi) is 5.99. The maximum Gasteiger partial charge on any atom is 0.262 e. The molecule has 0 aliphatic carbocycles. The van der Waals surface area contributed by atoms with Gasteiger partial charge >= 0.3 is 0 Å². The van der Waals surface area contributed by atoms with E-state index in [2.05, 4.69) is 20.0 Å². The molecule has 0 bridgehead atoms. The Balaban J connectivity index is 1.42. The van der Waals surface area contributed by atoms with Crippen molar-refractivity contribution in [2.75, 3.05) is 11.3 Å². The van der Waals surface area contributed by atoms with Crippen LogP contribution in [0, 0.1) is 5.82 Å². The lowest BCUT2D eigenvalue weighted by atomic mass is 10.3. The van der Waals surface area contributed by atoms with Gasteiger partial charge in [-0.3, -0.25) is 4.72 Å². The molecule has 11 heteroatoms. The summed E-state index contributed by atoms with van der Waals surface area (Å²) in [6.45, 7) is 1.98. The summed E-state index contributed by atoms with van der Waals surface area (Å²) in [5, 5.41) is 12.1. The van der Waals surface area contributed by atoms with Crippen LogP contribution < -0.4 is 14.2 Å². The summed E-state index contributed by atoms with van der Waals surface area (Å²) in [5.74, 6) is 0.477. The fraction of sp³-hybridized carbons (Fsp3) is 0.0952. The highest BCUT2D eigenvalue weighted by atomic mass is 32.2. The Bertz CT molecular complexity index is 1300. The van der Waals surface area contributed by atoms with Crippen LogP contribution in [0.4, 0.5) is 10.1 Å². The van der Waals surface area contributed by atoms with E-state index in [1.807, 2.05) is 0 Å². The number of sulfonamides is 1. The van der Waals surface area contributed by atoms with Gasteiger partial charge in [0, 0.05) is 24.1 Å². The number of rotatable bonds is 8. The third-order valence-electron chi connectivity index (χ3n) is 4.21. The van der Waals surface area contributed by atoms with Crippen molar-refractivity contribution in [2.24, 2.45) is 0 Å². The number of hydrogen-bond donors (Lipinski definition) is 1. The molecule has 0 saturated carbocycles. The first-order valence-corrected chi connectivity index (χ1v) is 11.0. The molecule has 0 spiro atoms. The van der Waals surface area contributed by atoms with E-state index in [1.54, 1.807) is 54.3 Å². The van der Waals surface area contributed by atoms with Gasteiger partial charge in [0.15, 0.2) is 17.4 Å². The Morgan fingerprint density at radius 3 is 2.50 bits per heavy atom. The number of nitrogens with one attached hydrogen (secondary N) is 1. The van der Waals surface area contributed by atoms with E-state index >= 15 is 0 Å². The Morgan fingerprint density at radius 1 is 1.06 bits per heavy atom. The van der Waals surface area contributed by atoms with Gasteiger partial charge in [0.2, 0.25) is 5.88 Å². The van der Waals surface area contributed by atoms with Crippen LogP contribution in [0.5, 0.6) is 17.4 Å². The van der Waals surface area contributed by atoms with Crippen LogP contribution in [0.15, 0.2) is 78.0 Å². The predicted molar refractivity (Wildman–Crippen MR) is 114 cm³/mol. The van der Waals surface area contributed by atoms with Crippen LogP contribution >= 0.6 is 0 Å². The van der Waals surface area contributed by atoms with Gasteiger partial charge in [0.1, 0.15) is 5.75 Å². The second kappa shape index (κ2) is 9.02. The predicted octanol–water partition coefficient (Wildman–Crippen LogP) is 3.79. The first-order valence-electron chi connectivity index (χ1n) is 9.51. The quantitative estimate of drug-likeness (QED) is 0.431. The second-order valence-corrected chi connectivity index (χ2v) is 8.12. The molecular weight excluding hydrogens is 437 g/mol. The van der Waals surface area contributed by atoms with E-state index in [-0.39, 0.29) is 28.8 Å². The molecule has 0 aliphatic heterocycles. The van der Waals surface area contributed by atoms with Crippen molar-refractivity contribution in [3.63, 3.8) is 0 Å². The zero-order valence-corrected chi connectivity index (χ0v) is 17.7. The van der Waals surface area contributed by atoms with Gasteiger partial charge in [-0.25, -0.2) is 17.5 Å². The van der Waals surface area contributed by atoms with E-state index in [4.69, 9.17) is 9.47 Å². The lowest BCUT2D eigenvalue weighted by Gasteiger charge is -2.11. The number of anilines is 1. The van der Waals surface area contributed by atoms with Crippen LogP contribution in [0.2, 0.25) is 0 Å². The first kappa shape index (κ1) is 21.2. The molecule has 4 rings (SSSR count). The molecule has 0 atom stereocenters. The second-order valence-electron chi connectivity index (χ2n) is 6.44. The van der Waals surface area contributed by atoms with E-state index in [0.717, 1.165) is 6.07 Å². The molecule has 0 amide bonds. The van der Waals surface area contributed by atoms with Gasteiger partial charge in [-0.2, -0.15) is 5.10 Å². The summed E-state index contributed by atoms with van der Waals surface area (Å²) in [7, 11) is -3.98. The molecule has 0 unspecified atom stereocenters. The number of nitrogens with zero attached hydrogens (tertiary/aromatic N) is 4. The topological polar surface area (TPSA) is 108 Å². The summed E-state index contributed by atoms with van der Waals surface area (Å²) in [4.78, 5) is -0.216. The van der Waals surface area contributed by atoms with Crippen molar-refractivity contribution >= 4 is 15.7 Å². The molecule has 1 N–H and O–H groups in total. The van der Waals surface area contributed by atoms with Gasteiger partial charge < -0.3 is 9.47 Å². The Morgan fingerprint density at radius 2 is 1.88 bits per heavy atom. The van der Waals surface area contributed by atoms with Crippen LogP contribution in [0.3, 0.4) is 0 Å². The van der Waals surface area contributed by atoms with E-state index < -0.39 is 15.8 Å². The minimum Gasteiger partial charge on any atom is -0.491 e. The monoisotopic (exact) mass is 455 g/mol. The highest BCUT2D eigenvalue weighted by Crippen LogP contribution is 2.25. The summed E-state index contributed by atoms with van der Waals surface area (Å²) in [6.07, 6.45) is 3.38. The van der Waals surface area contributed by atoms with Crippen molar-refractivity contribution in [3.8, 4) is 23.2 Å². The fourth-order valence-corrected chi connectivity index (χ4v) is 3.81. The smallest absolute Gasteiger partial charge is 0.262 e. The molecule has 0 radical (unpaired) electrons. The number of benzene rings is 2. The fourth-order valence-electron chi connectivity index (χ4n) is 2.74. The maximum absolute atomic E-state index is 14.0. The highest BCUT2D eigenvalue weighted by molar-refractivity contribution is 7.92. The van der Waals surface area contributed by atoms with Crippen LogP contribution in [0.25, 0.3) is 5.82 Å². The molecule has 0 fully saturated rings. The van der Waals surface area contributed by atoms with Crippen molar-refractivity contribution in [2.45, 2.75) is 11.8 Å². The largest absolute Gasteiger partial charge is 0.491 e. The molecule has 4 aromatic rings. The minimum atomic E-state index is -3.98.